The average Bonchev–Trinajstić information content (AvgIpc) is 3.23. The number of rotatable bonds is 4. The summed E-state index contributed by atoms with van der Waals surface area (Å²) in [6.45, 7) is 7.07. The van der Waals surface area contributed by atoms with Gasteiger partial charge in [0.1, 0.15) is 0 Å². The lowest BCUT2D eigenvalue weighted by Gasteiger charge is -2.36. The van der Waals surface area contributed by atoms with Crippen LogP contribution in [-0.4, -0.2) is 90.3 Å². The summed E-state index contributed by atoms with van der Waals surface area (Å²) in [6.07, 6.45) is 2.39. The van der Waals surface area contributed by atoms with Gasteiger partial charge in [-0.25, -0.2) is 0 Å². The van der Waals surface area contributed by atoms with Gasteiger partial charge < -0.3 is 24.6 Å². The minimum absolute atomic E-state index is 0.181. The minimum atomic E-state index is 0.181. The van der Waals surface area contributed by atoms with Gasteiger partial charge in [-0.15, -0.1) is 10.2 Å². The monoisotopic (exact) mass is 419 g/mol. The number of benzene rings is 1. The SMILES string of the molecule is CN1CCN(c2ccc(N3CCN(C(=O)Cc4c[nH]c5ccccc45)CC3)nn2)CC1. The van der Waals surface area contributed by atoms with Crippen LogP contribution in [-0.2, 0) is 11.2 Å². The van der Waals surface area contributed by atoms with E-state index in [1.807, 2.05) is 29.3 Å². The Kier molecular flexibility index (Phi) is 5.46. The van der Waals surface area contributed by atoms with Crippen LogP contribution in [0.15, 0.2) is 42.6 Å². The molecule has 1 amide bonds. The minimum Gasteiger partial charge on any atom is -0.361 e. The van der Waals surface area contributed by atoms with Gasteiger partial charge in [0.2, 0.25) is 5.91 Å². The van der Waals surface area contributed by atoms with Crippen molar-refractivity contribution in [3.05, 3.63) is 48.2 Å². The number of amides is 1. The standard InChI is InChI=1S/C23H29N7O/c1-27-8-10-28(11-9-27)21-6-7-22(26-25-21)29-12-14-30(15-13-29)23(31)16-18-17-24-20-5-3-2-4-19(18)20/h2-7,17,24H,8-16H2,1H3. The zero-order valence-electron chi connectivity index (χ0n) is 18.0. The van der Waals surface area contributed by atoms with Crippen molar-refractivity contribution in [2.45, 2.75) is 6.42 Å². The Hall–Kier alpha value is -3.13. The lowest BCUT2D eigenvalue weighted by Crippen LogP contribution is -2.49. The van der Waals surface area contributed by atoms with Crippen LogP contribution in [0.2, 0.25) is 0 Å². The zero-order chi connectivity index (χ0) is 21.2. The highest BCUT2D eigenvalue weighted by atomic mass is 16.2. The fourth-order valence-corrected chi connectivity index (χ4v) is 4.43. The fraction of sp³-hybridized carbons (Fsp3) is 0.435. The van der Waals surface area contributed by atoms with Crippen LogP contribution in [0.4, 0.5) is 11.6 Å². The number of nitrogens with one attached hydrogen (secondary N) is 1. The van der Waals surface area contributed by atoms with E-state index in [1.54, 1.807) is 0 Å². The van der Waals surface area contributed by atoms with E-state index < -0.39 is 0 Å². The molecule has 2 fully saturated rings. The van der Waals surface area contributed by atoms with Crippen LogP contribution in [0.5, 0.6) is 0 Å². The first-order valence-electron chi connectivity index (χ1n) is 11.0. The van der Waals surface area contributed by atoms with E-state index in [-0.39, 0.29) is 5.91 Å². The highest BCUT2D eigenvalue weighted by Gasteiger charge is 2.23. The molecule has 4 heterocycles. The normalized spacial score (nSPS) is 18.0. The quantitative estimate of drug-likeness (QED) is 0.693. The Morgan fingerprint density at radius 1 is 0.871 bits per heavy atom. The fourth-order valence-electron chi connectivity index (χ4n) is 4.43. The maximum Gasteiger partial charge on any atom is 0.227 e. The van der Waals surface area contributed by atoms with Crippen LogP contribution >= 0.6 is 0 Å². The number of anilines is 2. The second-order valence-electron chi connectivity index (χ2n) is 8.44. The molecule has 0 aliphatic carbocycles. The number of piperazine rings is 2. The molecule has 2 aliphatic rings. The Morgan fingerprint density at radius 2 is 1.48 bits per heavy atom. The zero-order valence-corrected chi connectivity index (χ0v) is 18.0. The van der Waals surface area contributed by atoms with Gasteiger partial charge in [-0.3, -0.25) is 4.79 Å². The van der Waals surface area contributed by atoms with Gasteiger partial charge in [0.25, 0.3) is 0 Å². The predicted molar refractivity (Wildman–Crippen MR) is 123 cm³/mol. The van der Waals surface area contributed by atoms with E-state index in [0.29, 0.717) is 19.5 Å². The molecule has 5 rings (SSSR count). The first kappa shape index (κ1) is 19.8. The number of aromatic amines is 1. The first-order valence-corrected chi connectivity index (χ1v) is 11.0. The highest BCUT2D eigenvalue weighted by molar-refractivity contribution is 5.89. The number of carbonyl (C=O) groups excluding carboxylic acids is 1. The second kappa shape index (κ2) is 8.55. The maximum absolute atomic E-state index is 12.9. The summed E-state index contributed by atoms with van der Waals surface area (Å²) < 4.78 is 0. The van der Waals surface area contributed by atoms with Crippen molar-refractivity contribution in [3.8, 4) is 0 Å². The number of fused-ring (bicyclic) bond motifs is 1. The average molecular weight is 420 g/mol. The molecule has 0 saturated carbocycles. The number of H-pyrrole nitrogens is 1. The lowest BCUT2D eigenvalue weighted by atomic mass is 10.1. The molecule has 0 atom stereocenters. The van der Waals surface area contributed by atoms with Crippen LogP contribution in [0.3, 0.4) is 0 Å². The highest BCUT2D eigenvalue weighted by Crippen LogP contribution is 2.20. The van der Waals surface area contributed by atoms with Crippen LogP contribution in [0.25, 0.3) is 10.9 Å². The first-order chi connectivity index (χ1) is 15.2. The molecule has 0 unspecified atom stereocenters. The van der Waals surface area contributed by atoms with Crippen LogP contribution in [0, 0.1) is 0 Å². The summed E-state index contributed by atoms with van der Waals surface area (Å²) >= 11 is 0. The van der Waals surface area contributed by atoms with E-state index in [9.17, 15) is 4.79 Å². The molecular weight excluding hydrogens is 390 g/mol. The third kappa shape index (κ3) is 4.20. The lowest BCUT2D eigenvalue weighted by molar-refractivity contribution is -0.130. The summed E-state index contributed by atoms with van der Waals surface area (Å²) in [5.74, 6) is 2.02. The Labute approximate surface area is 182 Å². The molecule has 1 N–H and O–H groups in total. The van der Waals surface area contributed by atoms with Crippen molar-refractivity contribution in [3.63, 3.8) is 0 Å². The Balaban J connectivity index is 1.16. The van der Waals surface area contributed by atoms with Gasteiger partial charge in [0.05, 0.1) is 6.42 Å². The van der Waals surface area contributed by atoms with Gasteiger partial charge in [-0.1, -0.05) is 18.2 Å². The number of nitrogens with zero attached hydrogens (tertiary/aromatic N) is 6. The van der Waals surface area contributed by atoms with Crippen molar-refractivity contribution < 1.29 is 4.79 Å². The molecule has 8 nitrogen and oxygen atoms in total. The molecular formula is C23H29N7O. The smallest absolute Gasteiger partial charge is 0.227 e. The van der Waals surface area contributed by atoms with Crippen molar-refractivity contribution >= 4 is 28.4 Å². The molecule has 2 aromatic heterocycles. The molecule has 0 radical (unpaired) electrons. The predicted octanol–water partition coefficient (Wildman–Crippen LogP) is 1.60. The molecule has 2 aliphatic heterocycles. The summed E-state index contributed by atoms with van der Waals surface area (Å²) in [7, 11) is 2.15. The Bertz CT molecular complexity index is 1030. The summed E-state index contributed by atoms with van der Waals surface area (Å²) in [4.78, 5) is 24.9. The largest absolute Gasteiger partial charge is 0.361 e. The van der Waals surface area contributed by atoms with Gasteiger partial charge in [-0.05, 0) is 30.8 Å². The molecule has 8 heteroatoms. The van der Waals surface area contributed by atoms with Crippen LogP contribution in [0.1, 0.15) is 5.56 Å². The van der Waals surface area contributed by atoms with E-state index in [1.165, 1.54) is 0 Å². The number of likely N-dealkylation sites (N-methyl/N-ethyl adjacent to an activating group) is 1. The number of carbonyl (C=O) groups is 1. The molecule has 162 valence electrons. The number of hydrogen-bond acceptors (Lipinski definition) is 6. The molecule has 3 aromatic rings. The molecule has 0 spiro atoms. The third-order valence-corrected chi connectivity index (χ3v) is 6.44. The van der Waals surface area contributed by atoms with Crippen LogP contribution < -0.4 is 9.80 Å². The van der Waals surface area contributed by atoms with Gasteiger partial charge in [0.15, 0.2) is 11.6 Å². The summed E-state index contributed by atoms with van der Waals surface area (Å²) in [6, 6.07) is 12.3. The number of para-hydroxylation sites is 1. The van der Waals surface area contributed by atoms with E-state index in [2.05, 4.69) is 55.1 Å². The summed E-state index contributed by atoms with van der Waals surface area (Å²) in [5, 5.41) is 10.1. The number of aromatic nitrogens is 3. The molecule has 1 aromatic carbocycles. The Morgan fingerprint density at radius 3 is 2.13 bits per heavy atom. The topological polar surface area (TPSA) is 71.6 Å². The van der Waals surface area contributed by atoms with Gasteiger partial charge >= 0.3 is 0 Å². The molecule has 0 bridgehead atoms. The van der Waals surface area contributed by atoms with Crippen molar-refractivity contribution in [1.29, 1.82) is 0 Å². The summed E-state index contributed by atoms with van der Waals surface area (Å²) in [5.41, 5.74) is 2.14. The molecule has 2 saturated heterocycles. The van der Waals surface area contributed by atoms with Crippen molar-refractivity contribution in [1.82, 2.24) is 25.0 Å². The molecule has 31 heavy (non-hydrogen) atoms. The second-order valence-corrected chi connectivity index (χ2v) is 8.44. The maximum atomic E-state index is 12.9. The van der Waals surface area contributed by atoms with E-state index in [4.69, 9.17) is 0 Å². The van der Waals surface area contributed by atoms with E-state index >= 15 is 0 Å². The van der Waals surface area contributed by atoms with Crippen molar-refractivity contribution in [2.75, 3.05) is 69.2 Å². The van der Waals surface area contributed by atoms with Gasteiger partial charge in [-0.2, -0.15) is 0 Å². The van der Waals surface area contributed by atoms with E-state index in [0.717, 1.165) is 67.4 Å². The number of hydrogen-bond donors (Lipinski definition) is 1. The van der Waals surface area contributed by atoms with Crippen molar-refractivity contribution in [2.24, 2.45) is 0 Å². The third-order valence-electron chi connectivity index (χ3n) is 6.44. The van der Waals surface area contributed by atoms with Gasteiger partial charge in [0, 0.05) is 69.5 Å².